The second-order valence-electron chi connectivity index (χ2n) is 4.46. The molecule has 0 radical (unpaired) electrons. The van der Waals surface area contributed by atoms with Gasteiger partial charge >= 0.3 is 5.97 Å². The van der Waals surface area contributed by atoms with Crippen LogP contribution in [0.25, 0.3) is 0 Å². The van der Waals surface area contributed by atoms with E-state index < -0.39 is 23.4 Å². The van der Waals surface area contributed by atoms with Crippen LogP contribution in [0.2, 0.25) is 0 Å². The Bertz CT molecular complexity index is 539. The maximum atomic E-state index is 14.1. The fraction of sp³-hybridized carbons (Fsp3) is 0.400. The standard InChI is InChI=1S/C15H18F2O4/c1-5-19-13(18)8-10(4)21-15-11(16)6-7-12(14(15)17)20-9(2)3/h6-9H,5H2,1-4H3/b10-8+. The third kappa shape index (κ3) is 5.06. The summed E-state index contributed by atoms with van der Waals surface area (Å²) in [5, 5.41) is 0. The van der Waals surface area contributed by atoms with Crippen molar-refractivity contribution >= 4 is 5.97 Å². The maximum absolute atomic E-state index is 14.1. The summed E-state index contributed by atoms with van der Waals surface area (Å²) in [6, 6.07) is 2.22. The third-order valence-electron chi connectivity index (χ3n) is 2.25. The molecule has 1 aromatic rings. The zero-order chi connectivity index (χ0) is 16.0. The quantitative estimate of drug-likeness (QED) is 0.457. The van der Waals surface area contributed by atoms with Gasteiger partial charge in [0.2, 0.25) is 11.6 Å². The SMILES string of the molecule is CCOC(=O)/C=C(\C)Oc1c(F)ccc(OC(C)C)c1F. The molecule has 0 atom stereocenters. The molecule has 0 aromatic heterocycles. The molecule has 4 nitrogen and oxygen atoms in total. The van der Waals surface area contributed by atoms with Crippen LogP contribution in [0.15, 0.2) is 24.0 Å². The van der Waals surface area contributed by atoms with Gasteiger partial charge < -0.3 is 14.2 Å². The first-order valence-electron chi connectivity index (χ1n) is 6.52. The minimum atomic E-state index is -0.958. The normalized spacial score (nSPS) is 11.5. The number of carbonyl (C=O) groups is 1. The first kappa shape index (κ1) is 16.9. The molecule has 0 amide bonds. The molecule has 0 aliphatic carbocycles. The molecule has 0 bridgehead atoms. The van der Waals surface area contributed by atoms with Gasteiger partial charge in [-0.3, -0.25) is 0 Å². The number of rotatable bonds is 6. The Labute approximate surface area is 122 Å². The van der Waals surface area contributed by atoms with E-state index in [2.05, 4.69) is 4.74 Å². The van der Waals surface area contributed by atoms with Gasteiger partial charge in [-0.15, -0.1) is 0 Å². The van der Waals surface area contributed by atoms with Gasteiger partial charge in [0.15, 0.2) is 11.6 Å². The van der Waals surface area contributed by atoms with E-state index in [0.717, 1.165) is 12.1 Å². The Morgan fingerprint density at radius 2 is 2.00 bits per heavy atom. The lowest BCUT2D eigenvalue weighted by atomic mass is 10.3. The first-order chi connectivity index (χ1) is 9.85. The van der Waals surface area contributed by atoms with E-state index in [1.807, 2.05) is 0 Å². The summed E-state index contributed by atoms with van der Waals surface area (Å²) in [6.07, 6.45) is 0.743. The molecule has 21 heavy (non-hydrogen) atoms. The van der Waals surface area contributed by atoms with Crippen LogP contribution in [0.3, 0.4) is 0 Å². The molecular weight excluding hydrogens is 282 g/mol. The van der Waals surface area contributed by atoms with E-state index in [1.165, 1.54) is 13.0 Å². The van der Waals surface area contributed by atoms with E-state index in [-0.39, 0.29) is 24.2 Å². The van der Waals surface area contributed by atoms with Crippen molar-refractivity contribution in [3.63, 3.8) is 0 Å². The molecular formula is C15H18F2O4. The summed E-state index contributed by atoms with van der Waals surface area (Å²) in [7, 11) is 0. The second-order valence-corrected chi connectivity index (χ2v) is 4.46. The zero-order valence-electron chi connectivity index (χ0n) is 12.4. The Kier molecular flexibility index (Phi) is 6.14. The number of hydrogen-bond acceptors (Lipinski definition) is 4. The molecule has 0 spiro atoms. The Morgan fingerprint density at radius 1 is 1.33 bits per heavy atom. The van der Waals surface area contributed by atoms with Crippen molar-refractivity contribution in [3.05, 3.63) is 35.6 Å². The van der Waals surface area contributed by atoms with Gasteiger partial charge in [-0.25, -0.2) is 9.18 Å². The number of halogens is 2. The highest BCUT2D eigenvalue weighted by atomic mass is 19.1. The highest BCUT2D eigenvalue weighted by Gasteiger charge is 2.18. The molecule has 1 rings (SSSR count). The molecule has 6 heteroatoms. The Morgan fingerprint density at radius 3 is 2.57 bits per heavy atom. The number of esters is 1. The predicted octanol–water partition coefficient (Wildman–Crippen LogP) is 3.60. The number of allylic oxidation sites excluding steroid dienone is 1. The van der Waals surface area contributed by atoms with Crippen molar-refractivity contribution in [2.75, 3.05) is 6.61 Å². The van der Waals surface area contributed by atoms with Gasteiger partial charge in [0.25, 0.3) is 0 Å². The summed E-state index contributed by atoms with van der Waals surface area (Å²) in [4.78, 5) is 11.2. The van der Waals surface area contributed by atoms with Gasteiger partial charge in [-0.2, -0.15) is 4.39 Å². The third-order valence-corrected chi connectivity index (χ3v) is 2.25. The Balaban J connectivity index is 2.99. The average Bonchev–Trinajstić information content (AvgIpc) is 2.37. The fourth-order valence-electron chi connectivity index (χ4n) is 1.49. The lowest BCUT2D eigenvalue weighted by Gasteiger charge is -2.14. The van der Waals surface area contributed by atoms with Crippen LogP contribution >= 0.6 is 0 Å². The van der Waals surface area contributed by atoms with Crippen molar-refractivity contribution in [1.29, 1.82) is 0 Å². The molecule has 0 aliphatic rings. The topological polar surface area (TPSA) is 44.8 Å². The molecule has 0 aliphatic heterocycles. The zero-order valence-corrected chi connectivity index (χ0v) is 12.4. The van der Waals surface area contributed by atoms with Crippen LogP contribution in [-0.2, 0) is 9.53 Å². The molecule has 0 fully saturated rings. The minimum absolute atomic E-state index is 0.00736. The summed E-state index contributed by atoms with van der Waals surface area (Å²) in [5.41, 5.74) is 0. The maximum Gasteiger partial charge on any atom is 0.334 e. The number of hydrogen-bond donors (Lipinski definition) is 0. The minimum Gasteiger partial charge on any atom is -0.488 e. The Hall–Kier alpha value is -2.11. The van der Waals surface area contributed by atoms with E-state index in [9.17, 15) is 13.6 Å². The molecule has 0 unspecified atom stereocenters. The highest BCUT2D eigenvalue weighted by Crippen LogP contribution is 2.31. The van der Waals surface area contributed by atoms with Crippen LogP contribution in [0.4, 0.5) is 8.78 Å². The average molecular weight is 300 g/mol. The molecule has 0 N–H and O–H groups in total. The smallest absolute Gasteiger partial charge is 0.334 e. The van der Waals surface area contributed by atoms with Crippen molar-refractivity contribution in [1.82, 2.24) is 0 Å². The van der Waals surface area contributed by atoms with Gasteiger partial charge in [0, 0.05) is 0 Å². The number of benzene rings is 1. The van der Waals surface area contributed by atoms with Gasteiger partial charge in [0.05, 0.1) is 18.8 Å². The molecule has 0 saturated heterocycles. The molecule has 116 valence electrons. The van der Waals surface area contributed by atoms with Gasteiger partial charge in [-0.1, -0.05) is 0 Å². The molecule has 0 saturated carbocycles. The van der Waals surface area contributed by atoms with E-state index in [1.54, 1.807) is 20.8 Å². The van der Waals surface area contributed by atoms with E-state index >= 15 is 0 Å². The van der Waals surface area contributed by atoms with Crippen LogP contribution in [0, 0.1) is 11.6 Å². The fourth-order valence-corrected chi connectivity index (χ4v) is 1.49. The first-order valence-corrected chi connectivity index (χ1v) is 6.52. The van der Waals surface area contributed by atoms with Crippen molar-refractivity contribution in [2.24, 2.45) is 0 Å². The van der Waals surface area contributed by atoms with Gasteiger partial charge in [0.1, 0.15) is 5.76 Å². The largest absolute Gasteiger partial charge is 0.488 e. The van der Waals surface area contributed by atoms with Crippen LogP contribution < -0.4 is 9.47 Å². The monoisotopic (exact) mass is 300 g/mol. The van der Waals surface area contributed by atoms with E-state index in [0.29, 0.717) is 0 Å². The molecule has 1 aromatic carbocycles. The van der Waals surface area contributed by atoms with E-state index in [4.69, 9.17) is 9.47 Å². The summed E-state index contributed by atoms with van der Waals surface area (Å²) < 4.78 is 42.7. The van der Waals surface area contributed by atoms with Crippen LogP contribution in [0.1, 0.15) is 27.7 Å². The van der Waals surface area contributed by atoms with Crippen LogP contribution in [-0.4, -0.2) is 18.7 Å². The molecule has 0 heterocycles. The summed E-state index contributed by atoms with van der Waals surface area (Å²) in [5.74, 6) is -3.23. The van der Waals surface area contributed by atoms with Crippen molar-refractivity contribution < 1.29 is 27.8 Å². The summed E-state index contributed by atoms with van der Waals surface area (Å²) >= 11 is 0. The van der Waals surface area contributed by atoms with Crippen LogP contribution in [0.5, 0.6) is 11.5 Å². The second kappa shape index (κ2) is 7.61. The lowest BCUT2D eigenvalue weighted by Crippen LogP contribution is -2.09. The predicted molar refractivity (Wildman–Crippen MR) is 73.1 cm³/mol. The highest BCUT2D eigenvalue weighted by molar-refractivity contribution is 5.82. The van der Waals surface area contributed by atoms with Crippen molar-refractivity contribution in [2.45, 2.75) is 33.8 Å². The number of ether oxygens (including phenoxy) is 3. The summed E-state index contributed by atoms with van der Waals surface area (Å²) in [6.45, 7) is 6.67. The van der Waals surface area contributed by atoms with Crippen molar-refractivity contribution in [3.8, 4) is 11.5 Å². The van der Waals surface area contributed by atoms with Gasteiger partial charge in [-0.05, 0) is 39.8 Å². The number of carbonyl (C=O) groups excluding carboxylic acids is 1. The lowest BCUT2D eigenvalue weighted by molar-refractivity contribution is -0.137.